The first-order chi connectivity index (χ1) is 8.50. The van der Waals surface area contributed by atoms with Crippen LogP contribution in [0.2, 0.25) is 0 Å². The Morgan fingerprint density at radius 3 is 2.61 bits per heavy atom. The number of rotatable bonds is 7. The molecule has 0 radical (unpaired) electrons. The van der Waals surface area contributed by atoms with Crippen LogP contribution in [0, 0.1) is 5.92 Å². The fourth-order valence-corrected chi connectivity index (χ4v) is 1.52. The molecule has 18 heavy (non-hydrogen) atoms. The van der Waals surface area contributed by atoms with Crippen molar-refractivity contribution in [2.75, 3.05) is 50.6 Å². The lowest BCUT2D eigenvalue weighted by Crippen LogP contribution is -2.31. The van der Waals surface area contributed by atoms with Gasteiger partial charge in [0.15, 0.2) is 0 Å². The molecule has 1 heterocycles. The molecule has 5 heteroatoms. The van der Waals surface area contributed by atoms with Crippen molar-refractivity contribution in [2.24, 2.45) is 5.92 Å². The number of anilines is 2. The molecule has 0 aliphatic rings. The minimum Gasteiger partial charge on any atom is -0.358 e. The van der Waals surface area contributed by atoms with E-state index in [1.165, 1.54) is 0 Å². The molecule has 0 bridgehead atoms. The van der Waals surface area contributed by atoms with Crippen LogP contribution in [0.15, 0.2) is 12.3 Å². The van der Waals surface area contributed by atoms with E-state index >= 15 is 0 Å². The van der Waals surface area contributed by atoms with Gasteiger partial charge in [-0.2, -0.15) is 4.98 Å². The van der Waals surface area contributed by atoms with Crippen molar-refractivity contribution in [3.05, 3.63) is 12.3 Å². The SMILES string of the molecule is CC(C)CNCCN(C)c1ccnc(N(C)C)n1. The highest BCUT2D eigenvalue weighted by Crippen LogP contribution is 2.11. The summed E-state index contributed by atoms with van der Waals surface area (Å²) in [5.41, 5.74) is 0. The van der Waals surface area contributed by atoms with Crippen LogP contribution in [0.3, 0.4) is 0 Å². The summed E-state index contributed by atoms with van der Waals surface area (Å²) in [5.74, 6) is 2.39. The Morgan fingerprint density at radius 1 is 1.28 bits per heavy atom. The van der Waals surface area contributed by atoms with E-state index in [0.29, 0.717) is 5.92 Å². The van der Waals surface area contributed by atoms with E-state index in [1.54, 1.807) is 6.20 Å². The lowest BCUT2D eigenvalue weighted by molar-refractivity contribution is 0.554. The van der Waals surface area contributed by atoms with Crippen molar-refractivity contribution in [1.29, 1.82) is 0 Å². The zero-order valence-corrected chi connectivity index (χ0v) is 12.1. The summed E-state index contributed by atoms with van der Waals surface area (Å²) in [7, 11) is 5.95. The van der Waals surface area contributed by atoms with E-state index in [0.717, 1.165) is 31.4 Å². The van der Waals surface area contributed by atoms with Crippen LogP contribution in [-0.2, 0) is 0 Å². The molecule has 5 nitrogen and oxygen atoms in total. The van der Waals surface area contributed by atoms with E-state index in [2.05, 4.69) is 41.1 Å². The van der Waals surface area contributed by atoms with Crippen LogP contribution < -0.4 is 15.1 Å². The molecule has 0 aliphatic carbocycles. The fourth-order valence-electron chi connectivity index (χ4n) is 1.52. The van der Waals surface area contributed by atoms with Gasteiger partial charge in [0.2, 0.25) is 5.95 Å². The summed E-state index contributed by atoms with van der Waals surface area (Å²) in [6, 6.07) is 1.94. The molecule has 1 rings (SSSR count). The average Bonchev–Trinajstić information content (AvgIpc) is 2.34. The number of aromatic nitrogens is 2. The van der Waals surface area contributed by atoms with Gasteiger partial charge in [-0.15, -0.1) is 0 Å². The molecule has 1 aromatic rings. The van der Waals surface area contributed by atoms with Crippen molar-refractivity contribution in [3.63, 3.8) is 0 Å². The number of hydrogen-bond acceptors (Lipinski definition) is 5. The molecule has 0 fully saturated rings. The summed E-state index contributed by atoms with van der Waals surface area (Å²) in [6.45, 7) is 7.39. The first-order valence-corrected chi connectivity index (χ1v) is 6.43. The second-order valence-corrected chi connectivity index (χ2v) is 5.13. The third-order valence-corrected chi connectivity index (χ3v) is 2.60. The van der Waals surface area contributed by atoms with Crippen molar-refractivity contribution in [3.8, 4) is 0 Å². The first kappa shape index (κ1) is 14.7. The Labute approximate surface area is 110 Å². The number of hydrogen-bond donors (Lipinski definition) is 1. The summed E-state index contributed by atoms with van der Waals surface area (Å²) in [4.78, 5) is 12.8. The molecule has 0 aliphatic heterocycles. The number of likely N-dealkylation sites (N-methyl/N-ethyl adjacent to an activating group) is 1. The average molecular weight is 251 g/mol. The number of nitrogens with zero attached hydrogens (tertiary/aromatic N) is 4. The quantitative estimate of drug-likeness (QED) is 0.738. The maximum atomic E-state index is 4.50. The highest BCUT2D eigenvalue weighted by molar-refractivity contribution is 5.42. The topological polar surface area (TPSA) is 44.3 Å². The van der Waals surface area contributed by atoms with E-state index in [1.807, 2.05) is 25.1 Å². The monoisotopic (exact) mass is 251 g/mol. The van der Waals surface area contributed by atoms with Crippen LogP contribution in [-0.4, -0.2) is 50.7 Å². The minimum absolute atomic E-state index is 0.690. The minimum atomic E-state index is 0.690. The maximum absolute atomic E-state index is 4.50. The molecule has 1 aromatic heterocycles. The number of nitrogens with one attached hydrogen (secondary N) is 1. The molecule has 0 spiro atoms. The van der Waals surface area contributed by atoms with Crippen molar-refractivity contribution < 1.29 is 0 Å². The first-order valence-electron chi connectivity index (χ1n) is 6.43. The van der Waals surface area contributed by atoms with Gasteiger partial charge in [-0.25, -0.2) is 4.98 Å². The van der Waals surface area contributed by atoms with Gasteiger partial charge in [0.25, 0.3) is 0 Å². The molecular formula is C13H25N5. The summed E-state index contributed by atoms with van der Waals surface area (Å²) in [5, 5.41) is 3.43. The van der Waals surface area contributed by atoms with Gasteiger partial charge >= 0.3 is 0 Å². The molecule has 0 atom stereocenters. The van der Waals surface area contributed by atoms with Gasteiger partial charge in [0.05, 0.1) is 0 Å². The molecule has 102 valence electrons. The molecule has 1 N–H and O–H groups in total. The third kappa shape index (κ3) is 4.87. The molecule has 0 saturated heterocycles. The zero-order chi connectivity index (χ0) is 13.5. The standard InChI is InChI=1S/C13H25N5/c1-11(2)10-14-8-9-18(5)12-6-7-15-13(16-12)17(3)4/h6-7,11,14H,8-10H2,1-5H3. The predicted octanol–water partition coefficient (Wildman–Crippen LogP) is 1.22. The Morgan fingerprint density at radius 2 is 2.00 bits per heavy atom. The second-order valence-electron chi connectivity index (χ2n) is 5.13. The maximum Gasteiger partial charge on any atom is 0.226 e. The summed E-state index contributed by atoms with van der Waals surface area (Å²) < 4.78 is 0. The lowest BCUT2D eigenvalue weighted by atomic mass is 10.2. The third-order valence-electron chi connectivity index (χ3n) is 2.60. The van der Waals surface area contributed by atoms with E-state index in [9.17, 15) is 0 Å². The lowest BCUT2D eigenvalue weighted by Gasteiger charge is -2.20. The van der Waals surface area contributed by atoms with Crippen molar-refractivity contribution >= 4 is 11.8 Å². The largest absolute Gasteiger partial charge is 0.358 e. The van der Waals surface area contributed by atoms with Gasteiger partial charge in [-0.1, -0.05) is 13.8 Å². The zero-order valence-electron chi connectivity index (χ0n) is 12.1. The van der Waals surface area contributed by atoms with Gasteiger partial charge < -0.3 is 15.1 Å². The van der Waals surface area contributed by atoms with Crippen LogP contribution in [0.25, 0.3) is 0 Å². The van der Waals surface area contributed by atoms with Crippen LogP contribution in [0.4, 0.5) is 11.8 Å². The Hall–Kier alpha value is -1.36. The van der Waals surface area contributed by atoms with Crippen molar-refractivity contribution in [1.82, 2.24) is 15.3 Å². The smallest absolute Gasteiger partial charge is 0.226 e. The normalized spacial score (nSPS) is 10.8. The highest BCUT2D eigenvalue weighted by atomic mass is 15.3. The summed E-state index contributed by atoms with van der Waals surface area (Å²) >= 11 is 0. The van der Waals surface area contributed by atoms with Crippen LogP contribution in [0.5, 0.6) is 0 Å². The summed E-state index contributed by atoms with van der Waals surface area (Å²) in [6.07, 6.45) is 1.80. The molecule has 0 saturated carbocycles. The second kappa shape index (κ2) is 7.16. The van der Waals surface area contributed by atoms with Crippen molar-refractivity contribution in [2.45, 2.75) is 13.8 Å². The van der Waals surface area contributed by atoms with Crippen LogP contribution >= 0.6 is 0 Å². The Kier molecular flexibility index (Phi) is 5.85. The van der Waals surface area contributed by atoms with E-state index in [-0.39, 0.29) is 0 Å². The highest BCUT2D eigenvalue weighted by Gasteiger charge is 2.05. The predicted molar refractivity (Wildman–Crippen MR) is 77.3 cm³/mol. The van der Waals surface area contributed by atoms with Gasteiger partial charge in [0.1, 0.15) is 5.82 Å². The van der Waals surface area contributed by atoms with E-state index in [4.69, 9.17) is 0 Å². The van der Waals surface area contributed by atoms with Gasteiger partial charge in [-0.05, 0) is 18.5 Å². The molecule has 0 amide bonds. The Balaban J connectivity index is 2.46. The molecule has 0 aromatic carbocycles. The van der Waals surface area contributed by atoms with Crippen LogP contribution in [0.1, 0.15) is 13.8 Å². The molecular weight excluding hydrogens is 226 g/mol. The van der Waals surface area contributed by atoms with Gasteiger partial charge in [-0.3, -0.25) is 0 Å². The molecule has 0 unspecified atom stereocenters. The van der Waals surface area contributed by atoms with Gasteiger partial charge in [0, 0.05) is 40.4 Å². The fraction of sp³-hybridized carbons (Fsp3) is 0.692. The van der Waals surface area contributed by atoms with E-state index < -0.39 is 0 Å². The Bertz CT molecular complexity index is 351.